The van der Waals surface area contributed by atoms with Gasteiger partial charge >= 0.3 is 12.0 Å². The Morgan fingerprint density at radius 2 is 2.11 bits per heavy atom. The summed E-state index contributed by atoms with van der Waals surface area (Å²) in [5.74, 6) is -2.29. The van der Waals surface area contributed by atoms with Crippen molar-refractivity contribution in [1.82, 2.24) is 15.5 Å². The minimum absolute atomic E-state index is 0.00552. The first-order chi connectivity index (χ1) is 16.6. The Bertz CT molecular complexity index is 1130. The van der Waals surface area contributed by atoms with Crippen LogP contribution in [0.25, 0.3) is 0 Å². The second kappa shape index (κ2) is 11.5. The van der Waals surface area contributed by atoms with Gasteiger partial charge in [-0.1, -0.05) is 36.8 Å². The summed E-state index contributed by atoms with van der Waals surface area (Å²) < 4.78 is 5.36. The average molecular weight is 520 g/mol. The molecule has 0 bridgehead atoms. The molecule has 0 unspecified atom stereocenters. The number of hydrogen-bond donors (Lipinski definition) is 3. The maximum atomic E-state index is 13.3. The molecule has 0 spiro atoms. The van der Waals surface area contributed by atoms with Crippen LogP contribution >= 0.6 is 23.8 Å². The Kier molecular flexibility index (Phi) is 8.63. The number of methoxy groups -OCH3 is 1. The number of nitrogens with zero attached hydrogens (tertiary/aromatic N) is 1. The summed E-state index contributed by atoms with van der Waals surface area (Å²) in [5, 5.41) is 15.3. The number of halogens is 1. The lowest BCUT2D eigenvalue weighted by Crippen LogP contribution is -2.50. The number of allylic oxidation sites excluding steroid dienone is 1. The Balaban J connectivity index is 1.80. The third kappa shape index (κ3) is 6.26. The van der Waals surface area contributed by atoms with Gasteiger partial charge in [-0.05, 0) is 48.3 Å². The van der Waals surface area contributed by atoms with Crippen LogP contribution in [-0.4, -0.2) is 64.9 Å². The molecule has 1 aliphatic carbocycles. The fourth-order valence-corrected chi connectivity index (χ4v) is 4.45. The molecule has 3 rings (SSSR count). The Morgan fingerprint density at radius 3 is 2.77 bits per heavy atom. The van der Waals surface area contributed by atoms with Gasteiger partial charge in [-0.25, -0.2) is 9.59 Å². The smallest absolute Gasteiger partial charge is 0.336 e. The first-order valence-corrected chi connectivity index (χ1v) is 11.8. The summed E-state index contributed by atoms with van der Waals surface area (Å²) >= 11 is 11.2. The lowest BCUT2D eigenvalue weighted by atomic mass is 9.93. The molecule has 1 fully saturated rings. The van der Waals surface area contributed by atoms with Gasteiger partial charge < -0.3 is 20.5 Å². The third-order valence-electron chi connectivity index (χ3n) is 5.89. The van der Waals surface area contributed by atoms with Crippen molar-refractivity contribution in [2.24, 2.45) is 5.92 Å². The molecule has 0 saturated carbocycles. The molecule has 1 aliphatic heterocycles. The summed E-state index contributed by atoms with van der Waals surface area (Å²) in [5.41, 5.74) is 1.26. The molecule has 1 heterocycles. The molecular formula is C24H26ClN3O6S. The standard InChI is InChI=1S/C24H26ClN3O6S/c1-3-18(13-4-7-20(35)17(10-13)23(31)32)27-24(33)28-12-21(29)26-11-15(22(28)30)8-14-9-16(25)5-6-19(14)34-2/h4-6,9-10,15,18H,3,7-8,11-12H2,1-2H3,(H,26,29)(H,27,33)(H,31,32)/t15-,18-/m1/s1. The van der Waals surface area contributed by atoms with Gasteiger partial charge in [0.1, 0.15) is 12.3 Å². The van der Waals surface area contributed by atoms with Crippen LogP contribution in [-0.2, 0) is 20.8 Å². The van der Waals surface area contributed by atoms with E-state index in [0.717, 1.165) is 4.90 Å². The van der Waals surface area contributed by atoms with E-state index < -0.39 is 42.3 Å². The van der Waals surface area contributed by atoms with Crippen LogP contribution in [0.4, 0.5) is 4.79 Å². The largest absolute Gasteiger partial charge is 0.496 e. The molecular weight excluding hydrogens is 494 g/mol. The molecule has 35 heavy (non-hydrogen) atoms. The number of ether oxygens (including phenoxy) is 1. The van der Waals surface area contributed by atoms with Gasteiger partial charge in [0.25, 0.3) is 0 Å². The zero-order chi connectivity index (χ0) is 25.7. The van der Waals surface area contributed by atoms with Crippen molar-refractivity contribution >= 4 is 52.5 Å². The van der Waals surface area contributed by atoms with Crippen molar-refractivity contribution in [1.29, 1.82) is 0 Å². The van der Waals surface area contributed by atoms with Crippen molar-refractivity contribution in [3.05, 3.63) is 52.1 Å². The summed E-state index contributed by atoms with van der Waals surface area (Å²) in [6.45, 7) is 1.45. The molecule has 1 saturated heterocycles. The molecule has 1 aromatic carbocycles. The number of imide groups is 1. The van der Waals surface area contributed by atoms with E-state index in [0.29, 0.717) is 33.2 Å². The van der Waals surface area contributed by atoms with Gasteiger partial charge in [-0.3, -0.25) is 14.5 Å². The van der Waals surface area contributed by atoms with Crippen molar-refractivity contribution < 1.29 is 29.0 Å². The molecule has 2 atom stereocenters. The number of benzene rings is 1. The maximum absolute atomic E-state index is 13.3. The number of thiocarbonyl (C=S) groups is 1. The lowest BCUT2D eigenvalue weighted by Gasteiger charge is -2.27. The molecule has 3 N–H and O–H groups in total. The molecule has 4 amide bonds. The van der Waals surface area contributed by atoms with Gasteiger partial charge in [-0.2, -0.15) is 0 Å². The van der Waals surface area contributed by atoms with Crippen LogP contribution in [0, 0.1) is 5.92 Å². The predicted octanol–water partition coefficient (Wildman–Crippen LogP) is 2.66. The van der Waals surface area contributed by atoms with Gasteiger partial charge in [-0.15, -0.1) is 0 Å². The molecule has 0 radical (unpaired) electrons. The molecule has 0 aromatic heterocycles. The van der Waals surface area contributed by atoms with Crippen molar-refractivity contribution in [2.45, 2.75) is 32.2 Å². The highest BCUT2D eigenvalue weighted by Gasteiger charge is 2.35. The number of urea groups is 1. The topological polar surface area (TPSA) is 125 Å². The summed E-state index contributed by atoms with van der Waals surface area (Å²) in [7, 11) is 1.50. The van der Waals surface area contributed by atoms with Gasteiger partial charge in [0.2, 0.25) is 11.8 Å². The summed E-state index contributed by atoms with van der Waals surface area (Å²) in [6, 6.07) is 3.74. The van der Waals surface area contributed by atoms with Gasteiger partial charge in [0.15, 0.2) is 0 Å². The fourth-order valence-electron chi connectivity index (χ4n) is 4.02. The van der Waals surface area contributed by atoms with Crippen LogP contribution in [0.2, 0.25) is 5.02 Å². The fraction of sp³-hybridized carbons (Fsp3) is 0.375. The predicted molar refractivity (Wildman–Crippen MR) is 134 cm³/mol. The Morgan fingerprint density at radius 1 is 1.37 bits per heavy atom. The number of aliphatic carboxylic acids is 1. The number of carboxylic acid groups (broad SMARTS) is 1. The van der Waals surface area contributed by atoms with Crippen LogP contribution in [0.3, 0.4) is 0 Å². The number of nitrogens with one attached hydrogen (secondary N) is 2. The molecule has 2 aliphatic rings. The van der Waals surface area contributed by atoms with Crippen LogP contribution in [0.1, 0.15) is 25.3 Å². The van der Waals surface area contributed by atoms with Crippen LogP contribution < -0.4 is 15.4 Å². The molecule has 186 valence electrons. The van der Waals surface area contributed by atoms with E-state index in [1.165, 1.54) is 13.2 Å². The highest BCUT2D eigenvalue weighted by molar-refractivity contribution is 7.81. The van der Waals surface area contributed by atoms with E-state index in [-0.39, 0.29) is 25.0 Å². The Labute approximate surface area is 213 Å². The van der Waals surface area contributed by atoms with Gasteiger partial charge in [0.05, 0.1) is 24.6 Å². The molecule has 1 aromatic rings. The highest BCUT2D eigenvalue weighted by atomic mass is 35.5. The van der Waals surface area contributed by atoms with Crippen LogP contribution in [0.5, 0.6) is 5.75 Å². The van der Waals surface area contributed by atoms with E-state index in [2.05, 4.69) is 10.6 Å². The van der Waals surface area contributed by atoms with Crippen LogP contribution in [0.15, 0.2) is 41.5 Å². The highest BCUT2D eigenvalue weighted by Crippen LogP contribution is 2.26. The minimum Gasteiger partial charge on any atom is -0.496 e. The van der Waals surface area contributed by atoms with Gasteiger partial charge in [0, 0.05) is 22.9 Å². The number of carbonyl (C=O) groups is 4. The quantitative estimate of drug-likeness (QED) is 0.473. The van der Waals surface area contributed by atoms with E-state index in [1.807, 2.05) is 6.92 Å². The second-order valence-electron chi connectivity index (χ2n) is 8.19. The van der Waals surface area contributed by atoms with Crippen molar-refractivity contribution in [3.63, 3.8) is 0 Å². The van der Waals surface area contributed by atoms with E-state index in [4.69, 9.17) is 28.6 Å². The summed E-state index contributed by atoms with van der Waals surface area (Å²) in [4.78, 5) is 51.5. The second-order valence-corrected chi connectivity index (χ2v) is 9.12. The number of amides is 4. The first-order valence-electron chi connectivity index (χ1n) is 11.0. The number of carboxylic acids is 1. The average Bonchev–Trinajstić information content (AvgIpc) is 2.96. The van der Waals surface area contributed by atoms with E-state index in [9.17, 15) is 24.3 Å². The minimum atomic E-state index is -1.14. The SMILES string of the molecule is CC[C@@H](NC(=O)N1CC(=O)NC[C@@H](Cc2cc(Cl)ccc2OC)C1=O)C1=CCC(=S)C(C(=O)O)=C1. The normalized spacial score (nSPS) is 19.2. The molecule has 9 nitrogen and oxygen atoms in total. The third-order valence-corrected chi connectivity index (χ3v) is 6.51. The number of rotatable bonds is 7. The van der Waals surface area contributed by atoms with Crippen molar-refractivity contribution in [3.8, 4) is 5.75 Å². The molecule has 11 heteroatoms. The zero-order valence-corrected chi connectivity index (χ0v) is 20.9. The maximum Gasteiger partial charge on any atom is 0.336 e. The number of carbonyl (C=O) groups excluding carboxylic acids is 3. The lowest BCUT2D eigenvalue weighted by molar-refractivity contribution is -0.133. The van der Waals surface area contributed by atoms with E-state index in [1.54, 1.807) is 24.3 Å². The van der Waals surface area contributed by atoms with E-state index >= 15 is 0 Å². The monoisotopic (exact) mass is 519 g/mol. The van der Waals surface area contributed by atoms with Crippen molar-refractivity contribution in [2.75, 3.05) is 20.2 Å². The zero-order valence-electron chi connectivity index (χ0n) is 19.3. The first kappa shape index (κ1) is 26.4. The Hall–Kier alpha value is -3.24. The summed E-state index contributed by atoms with van der Waals surface area (Å²) in [6.07, 6.45) is 4.11. The number of hydrogen-bond acceptors (Lipinski definition) is 6.